The van der Waals surface area contributed by atoms with Crippen molar-refractivity contribution in [3.05, 3.63) is 35.4 Å². The van der Waals surface area contributed by atoms with Gasteiger partial charge in [0.1, 0.15) is 6.61 Å². The maximum absolute atomic E-state index is 12.0. The number of nitrogens with zero attached hydrogens (tertiary/aromatic N) is 1. The van der Waals surface area contributed by atoms with Crippen molar-refractivity contribution in [3.8, 4) is 0 Å². The molecule has 22 heavy (non-hydrogen) atoms. The van der Waals surface area contributed by atoms with Gasteiger partial charge in [0.2, 0.25) is 0 Å². The lowest BCUT2D eigenvalue weighted by Crippen LogP contribution is -2.38. The highest BCUT2D eigenvalue weighted by molar-refractivity contribution is 5.78. The molecule has 1 atom stereocenters. The average Bonchev–Trinajstić information content (AvgIpc) is 2.44. The molecule has 4 nitrogen and oxygen atoms in total. The van der Waals surface area contributed by atoms with E-state index in [1.165, 1.54) is 0 Å². The van der Waals surface area contributed by atoms with Crippen LogP contribution in [0.25, 0.3) is 0 Å². The molecule has 1 rings (SSSR count). The van der Waals surface area contributed by atoms with E-state index in [2.05, 4.69) is 15.0 Å². The fraction of sp³-hybridized carbons (Fsp3) is 0.533. The predicted octanol–water partition coefficient (Wildman–Crippen LogP) is 2.97. The molecule has 0 aliphatic carbocycles. The molecule has 1 aromatic carbocycles. The molecule has 0 heterocycles. The lowest BCUT2D eigenvalue weighted by molar-refractivity contribution is -0.176. The van der Waals surface area contributed by atoms with Crippen LogP contribution in [-0.4, -0.2) is 24.8 Å². The Labute approximate surface area is 128 Å². The minimum atomic E-state index is -4.31. The fourth-order valence-electron chi connectivity index (χ4n) is 1.68. The van der Waals surface area contributed by atoms with Gasteiger partial charge >= 0.3 is 6.18 Å². The second kappa shape index (κ2) is 8.63. The van der Waals surface area contributed by atoms with Gasteiger partial charge in [0.05, 0.1) is 13.2 Å². The number of hydrogen-bond donors (Lipinski definition) is 2. The Hall–Kier alpha value is -1.76. The number of nitrogens with one attached hydrogen (secondary N) is 1. The monoisotopic (exact) mass is 317 g/mol. The molecule has 0 amide bonds. The van der Waals surface area contributed by atoms with Crippen molar-refractivity contribution in [2.24, 2.45) is 10.7 Å². The topological polar surface area (TPSA) is 59.6 Å². The number of hydrogen-bond acceptors (Lipinski definition) is 2. The molecule has 0 saturated heterocycles. The van der Waals surface area contributed by atoms with Crippen LogP contribution in [0.4, 0.5) is 13.2 Å². The third kappa shape index (κ3) is 7.87. The maximum atomic E-state index is 12.0. The van der Waals surface area contributed by atoms with Crippen LogP contribution in [-0.2, 0) is 17.9 Å². The zero-order chi connectivity index (χ0) is 16.6. The third-order valence-electron chi connectivity index (χ3n) is 2.96. The third-order valence-corrected chi connectivity index (χ3v) is 2.96. The van der Waals surface area contributed by atoms with E-state index in [0.717, 1.165) is 12.0 Å². The number of benzene rings is 1. The van der Waals surface area contributed by atoms with E-state index in [1.807, 2.05) is 19.9 Å². The molecule has 0 fully saturated rings. The number of guanidine groups is 1. The Kier molecular flexibility index (Phi) is 7.17. The number of nitrogens with two attached hydrogens (primary N) is 1. The Morgan fingerprint density at radius 3 is 2.68 bits per heavy atom. The number of alkyl halides is 3. The van der Waals surface area contributed by atoms with Gasteiger partial charge in [-0.2, -0.15) is 13.2 Å². The summed E-state index contributed by atoms with van der Waals surface area (Å²) in [6.07, 6.45) is -3.37. The summed E-state index contributed by atoms with van der Waals surface area (Å²) in [7, 11) is 0. The van der Waals surface area contributed by atoms with Crippen molar-refractivity contribution in [2.45, 2.75) is 45.6 Å². The van der Waals surface area contributed by atoms with Gasteiger partial charge in [-0.25, -0.2) is 4.99 Å². The van der Waals surface area contributed by atoms with Gasteiger partial charge in [0.25, 0.3) is 0 Å². The molecular weight excluding hydrogens is 295 g/mol. The van der Waals surface area contributed by atoms with Crippen LogP contribution in [0.3, 0.4) is 0 Å². The second-order valence-corrected chi connectivity index (χ2v) is 5.08. The molecule has 1 aromatic rings. The van der Waals surface area contributed by atoms with Crippen LogP contribution in [0.2, 0.25) is 0 Å². The summed E-state index contributed by atoms with van der Waals surface area (Å²) in [6, 6.07) is 7.31. The molecule has 0 radical (unpaired) electrons. The first-order valence-electron chi connectivity index (χ1n) is 7.09. The van der Waals surface area contributed by atoms with Crippen molar-refractivity contribution in [3.63, 3.8) is 0 Å². The van der Waals surface area contributed by atoms with Gasteiger partial charge in [0.15, 0.2) is 5.96 Å². The first-order valence-corrected chi connectivity index (χ1v) is 7.09. The first kappa shape index (κ1) is 18.3. The minimum absolute atomic E-state index is 0.0856. The number of halogens is 3. The summed E-state index contributed by atoms with van der Waals surface area (Å²) < 4.78 is 40.7. The van der Waals surface area contributed by atoms with Crippen LogP contribution in [0.15, 0.2) is 29.3 Å². The highest BCUT2D eigenvalue weighted by Crippen LogP contribution is 2.16. The van der Waals surface area contributed by atoms with Crippen LogP contribution in [0.1, 0.15) is 31.4 Å². The Morgan fingerprint density at radius 1 is 1.36 bits per heavy atom. The summed E-state index contributed by atoms with van der Waals surface area (Å²) in [4.78, 5) is 4.21. The number of ether oxygens (including phenoxy) is 1. The summed E-state index contributed by atoms with van der Waals surface area (Å²) in [6.45, 7) is 3.07. The van der Waals surface area contributed by atoms with Crippen LogP contribution in [0.5, 0.6) is 0 Å². The largest absolute Gasteiger partial charge is 0.411 e. The molecule has 0 aliphatic heterocycles. The second-order valence-electron chi connectivity index (χ2n) is 5.08. The number of aliphatic imine (C=N–C) groups is 1. The Morgan fingerprint density at radius 2 is 2.05 bits per heavy atom. The SMILES string of the molecule is CCC(C)NC(N)=NCc1cccc(COCC(F)(F)F)c1. The Bertz CT molecular complexity index is 489. The van der Waals surface area contributed by atoms with Gasteiger partial charge in [-0.05, 0) is 24.5 Å². The molecule has 0 saturated carbocycles. The molecule has 0 aliphatic rings. The summed E-state index contributed by atoms with van der Waals surface area (Å²) in [5.74, 6) is 0.355. The van der Waals surface area contributed by atoms with Crippen LogP contribution in [0, 0.1) is 0 Å². The highest BCUT2D eigenvalue weighted by atomic mass is 19.4. The van der Waals surface area contributed by atoms with Gasteiger partial charge in [-0.15, -0.1) is 0 Å². The van der Waals surface area contributed by atoms with E-state index in [4.69, 9.17) is 5.73 Å². The fourth-order valence-corrected chi connectivity index (χ4v) is 1.68. The van der Waals surface area contributed by atoms with Gasteiger partial charge in [-0.1, -0.05) is 31.2 Å². The van der Waals surface area contributed by atoms with Gasteiger partial charge in [0, 0.05) is 6.04 Å². The lowest BCUT2D eigenvalue weighted by atomic mass is 10.1. The van der Waals surface area contributed by atoms with Crippen molar-refractivity contribution in [1.82, 2.24) is 5.32 Å². The van der Waals surface area contributed by atoms with E-state index in [0.29, 0.717) is 18.1 Å². The first-order chi connectivity index (χ1) is 10.3. The van der Waals surface area contributed by atoms with E-state index in [9.17, 15) is 13.2 Å². The van der Waals surface area contributed by atoms with Crippen molar-refractivity contribution in [1.29, 1.82) is 0 Å². The van der Waals surface area contributed by atoms with Crippen LogP contribution < -0.4 is 11.1 Å². The molecule has 3 N–H and O–H groups in total. The predicted molar refractivity (Wildman–Crippen MR) is 80.4 cm³/mol. The average molecular weight is 317 g/mol. The number of rotatable bonds is 7. The lowest BCUT2D eigenvalue weighted by Gasteiger charge is -2.12. The van der Waals surface area contributed by atoms with Crippen LogP contribution >= 0.6 is 0 Å². The van der Waals surface area contributed by atoms with E-state index in [-0.39, 0.29) is 12.6 Å². The van der Waals surface area contributed by atoms with E-state index >= 15 is 0 Å². The summed E-state index contributed by atoms with van der Waals surface area (Å²) in [5, 5.41) is 3.04. The molecule has 0 aromatic heterocycles. The molecule has 7 heteroatoms. The summed E-state index contributed by atoms with van der Waals surface area (Å²) in [5.41, 5.74) is 7.29. The quantitative estimate of drug-likeness (QED) is 0.600. The molecule has 0 bridgehead atoms. The van der Waals surface area contributed by atoms with E-state index < -0.39 is 12.8 Å². The molecular formula is C15H22F3N3O. The summed E-state index contributed by atoms with van der Waals surface area (Å²) >= 11 is 0. The smallest absolute Gasteiger partial charge is 0.370 e. The van der Waals surface area contributed by atoms with Crippen molar-refractivity contribution >= 4 is 5.96 Å². The van der Waals surface area contributed by atoms with E-state index in [1.54, 1.807) is 18.2 Å². The standard InChI is InChI=1S/C15H22F3N3O/c1-3-11(2)21-14(19)20-8-12-5-4-6-13(7-12)9-22-10-15(16,17)18/h4-7,11H,3,8-10H2,1-2H3,(H3,19,20,21). The minimum Gasteiger partial charge on any atom is -0.370 e. The zero-order valence-electron chi connectivity index (χ0n) is 12.8. The van der Waals surface area contributed by atoms with Gasteiger partial charge in [-0.3, -0.25) is 0 Å². The molecule has 124 valence electrons. The Balaban J connectivity index is 2.52. The normalized spacial score (nSPS) is 14.0. The van der Waals surface area contributed by atoms with Crippen molar-refractivity contribution in [2.75, 3.05) is 6.61 Å². The maximum Gasteiger partial charge on any atom is 0.411 e. The highest BCUT2D eigenvalue weighted by Gasteiger charge is 2.27. The van der Waals surface area contributed by atoms with Crippen molar-refractivity contribution < 1.29 is 17.9 Å². The zero-order valence-corrected chi connectivity index (χ0v) is 12.8. The van der Waals surface area contributed by atoms with Gasteiger partial charge < -0.3 is 15.8 Å². The molecule has 1 unspecified atom stereocenters. The molecule has 0 spiro atoms.